The van der Waals surface area contributed by atoms with Gasteiger partial charge in [-0.1, -0.05) is 50.3 Å². The zero-order valence-corrected chi connectivity index (χ0v) is 17.0. The highest BCUT2D eigenvalue weighted by atomic mass is 32.2. The first-order chi connectivity index (χ1) is 13.7. The van der Waals surface area contributed by atoms with Crippen LogP contribution in [-0.2, 0) is 4.79 Å². The Kier molecular flexibility index (Phi) is 5.80. The van der Waals surface area contributed by atoms with E-state index in [1.165, 1.54) is 31.0 Å². The minimum atomic E-state index is -0.247. The number of carbonyl (C=O) groups excluding carboxylic acids is 1. The Morgan fingerprint density at radius 2 is 1.79 bits per heavy atom. The number of ether oxygens (including phenoxy) is 1. The van der Waals surface area contributed by atoms with Gasteiger partial charge in [0, 0.05) is 5.56 Å². The Balaban J connectivity index is 1.80. The van der Waals surface area contributed by atoms with Gasteiger partial charge < -0.3 is 10.1 Å². The quantitative estimate of drug-likeness (QED) is 0.806. The normalized spacial score (nSPS) is 21.2. The van der Waals surface area contributed by atoms with Gasteiger partial charge in [-0.05, 0) is 18.9 Å². The Bertz CT molecular complexity index is 897. The molecule has 1 aromatic heterocycles. The molecule has 1 unspecified atom stereocenters. The van der Waals surface area contributed by atoms with Gasteiger partial charge in [0.15, 0.2) is 0 Å². The molecule has 1 fully saturated rings. The standard InChI is InChI=1S/C21H27N3O3S/c1-27-16-12-8-7-11-15(16)19-18-20(22-17(25)13-28-19)24(23-21(18)26)14-9-5-3-2-4-6-10-14/h7-8,11-12,14,19H,2-6,9-10,13H2,1H3,(H,22,25)(H,23,26). The molecule has 4 rings (SSSR count). The van der Waals surface area contributed by atoms with Crippen molar-refractivity contribution in [3.05, 3.63) is 45.7 Å². The summed E-state index contributed by atoms with van der Waals surface area (Å²) in [4.78, 5) is 25.5. The molecule has 0 bridgehead atoms. The number of nitrogens with zero attached hydrogens (tertiary/aromatic N) is 1. The van der Waals surface area contributed by atoms with Crippen molar-refractivity contribution in [2.75, 3.05) is 18.2 Å². The third kappa shape index (κ3) is 3.72. The number of thioether (sulfide) groups is 1. The van der Waals surface area contributed by atoms with Crippen molar-refractivity contribution in [1.29, 1.82) is 0 Å². The number of rotatable bonds is 3. The summed E-state index contributed by atoms with van der Waals surface area (Å²) in [6.07, 6.45) is 8.11. The van der Waals surface area contributed by atoms with Gasteiger partial charge >= 0.3 is 0 Å². The van der Waals surface area contributed by atoms with Crippen LogP contribution in [-0.4, -0.2) is 28.6 Å². The van der Waals surface area contributed by atoms with Gasteiger partial charge in [0.1, 0.15) is 11.6 Å². The highest BCUT2D eigenvalue weighted by Gasteiger charge is 2.33. The Morgan fingerprint density at radius 3 is 2.54 bits per heavy atom. The van der Waals surface area contributed by atoms with Crippen LogP contribution in [0.15, 0.2) is 29.1 Å². The maximum atomic E-state index is 13.0. The average molecular weight is 402 g/mol. The van der Waals surface area contributed by atoms with Crippen molar-refractivity contribution in [2.45, 2.75) is 56.2 Å². The molecule has 1 aliphatic carbocycles. The fourth-order valence-electron chi connectivity index (χ4n) is 4.34. The lowest BCUT2D eigenvalue weighted by Gasteiger charge is -2.23. The Hall–Kier alpha value is -2.15. The molecule has 0 saturated heterocycles. The van der Waals surface area contributed by atoms with E-state index in [0.29, 0.717) is 17.1 Å². The molecule has 2 N–H and O–H groups in total. The number of benzene rings is 1. The van der Waals surface area contributed by atoms with E-state index in [2.05, 4.69) is 10.4 Å². The molecule has 7 heteroatoms. The lowest BCUT2D eigenvalue weighted by molar-refractivity contribution is -0.113. The van der Waals surface area contributed by atoms with Crippen LogP contribution in [0.25, 0.3) is 0 Å². The molecule has 1 aromatic carbocycles. The number of aromatic nitrogens is 2. The second kappa shape index (κ2) is 8.47. The second-order valence-electron chi connectivity index (χ2n) is 7.55. The number of para-hydroxylation sites is 1. The van der Waals surface area contributed by atoms with Crippen molar-refractivity contribution < 1.29 is 9.53 Å². The van der Waals surface area contributed by atoms with E-state index in [9.17, 15) is 9.59 Å². The fourth-order valence-corrected chi connectivity index (χ4v) is 5.49. The first-order valence-corrected chi connectivity index (χ1v) is 11.1. The summed E-state index contributed by atoms with van der Waals surface area (Å²) in [6.45, 7) is 0. The van der Waals surface area contributed by atoms with Gasteiger partial charge in [-0.25, -0.2) is 0 Å². The van der Waals surface area contributed by atoms with Gasteiger partial charge in [0.25, 0.3) is 5.56 Å². The summed E-state index contributed by atoms with van der Waals surface area (Å²) >= 11 is 1.47. The molecule has 0 radical (unpaired) electrons. The second-order valence-corrected chi connectivity index (χ2v) is 8.65. The van der Waals surface area contributed by atoms with Crippen LogP contribution in [0, 0.1) is 0 Å². The van der Waals surface area contributed by atoms with E-state index in [0.717, 1.165) is 37.0 Å². The van der Waals surface area contributed by atoms with E-state index in [1.807, 2.05) is 28.9 Å². The topological polar surface area (TPSA) is 76.1 Å². The first-order valence-electron chi connectivity index (χ1n) is 10.1. The van der Waals surface area contributed by atoms with Crippen molar-refractivity contribution in [1.82, 2.24) is 9.78 Å². The molecule has 2 aromatic rings. The van der Waals surface area contributed by atoms with Crippen LogP contribution in [0.1, 0.15) is 67.4 Å². The maximum Gasteiger partial charge on any atom is 0.270 e. The van der Waals surface area contributed by atoms with Crippen molar-refractivity contribution in [2.24, 2.45) is 0 Å². The number of nitrogens with one attached hydrogen (secondary N) is 2. The molecule has 150 valence electrons. The van der Waals surface area contributed by atoms with Gasteiger partial charge in [-0.15, -0.1) is 11.8 Å². The number of carbonyl (C=O) groups is 1. The minimum Gasteiger partial charge on any atom is -0.496 e. The summed E-state index contributed by atoms with van der Waals surface area (Å²) in [5.41, 5.74) is 1.43. The SMILES string of the molecule is COc1ccccc1C1SCC(=O)Nc2c1c(=O)[nH]n2C1CCCCCCC1. The van der Waals surface area contributed by atoms with E-state index >= 15 is 0 Å². The summed E-state index contributed by atoms with van der Waals surface area (Å²) in [5.74, 6) is 1.61. The van der Waals surface area contributed by atoms with Gasteiger partial charge in [-0.3, -0.25) is 19.4 Å². The molecule has 0 spiro atoms. The predicted octanol–water partition coefficient (Wildman–Crippen LogP) is 4.25. The lowest BCUT2D eigenvalue weighted by Crippen LogP contribution is -2.20. The molecular weight excluding hydrogens is 374 g/mol. The van der Waals surface area contributed by atoms with Crippen LogP contribution in [0.3, 0.4) is 0 Å². The number of methoxy groups -OCH3 is 1. The largest absolute Gasteiger partial charge is 0.496 e. The van der Waals surface area contributed by atoms with Crippen molar-refractivity contribution in [3.63, 3.8) is 0 Å². The van der Waals surface area contributed by atoms with Gasteiger partial charge in [-0.2, -0.15) is 0 Å². The number of hydrogen-bond donors (Lipinski definition) is 2. The predicted molar refractivity (Wildman–Crippen MR) is 112 cm³/mol. The van der Waals surface area contributed by atoms with Crippen LogP contribution < -0.4 is 15.6 Å². The minimum absolute atomic E-state index is 0.0674. The molecule has 2 heterocycles. The molecule has 28 heavy (non-hydrogen) atoms. The van der Waals surface area contributed by atoms with Crippen molar-refractivity contribution >= 4 is 23.5 Å². The van der Waals surface area contributed by atoms with E-state index in [4.69, 9.17) is 4.74 Å². The molecule has 2 aliphatic rings. The highest BCUT2D eigenvalue weighted by Crippen LogP contribution is 2.44. The maximum absolute atomic E-state index is 13.0. The van der Waals surface area contributed by atoms with Crippen LogP contribution >= 0.6 is 11.8 Å². The fraction of sp³-hybridized carbons (Fsp3) is 0.524. The third-order valence-electron chi connectivity index (χ3n) is 5.72. The van der Waals surface area contributed by atoms with Crippen molar-refractivity contribution in [3.8, 4) is 5.75 Å². The number of aromatic amines is 1. The third-order valence-corrected chi connectivity index (χ3v) is 6.98. The summed E-state index contributed by atoms with van der Waals surface area (Å²) in [6, 6.07) is 7.95. The monoisotopic (exact) mass is 401 g/mol. The van der Waals surface area contributed by atoms with E-state index in [-0.39, 0.29) is 22.8 Å². The number of anilines is 1. The van der Waals surface area contributed by atoms with Gasteiger partial charge in [0.05, 0.1) is 29.7 Å². The number of H-pyrrole nitrogens is 1. The first kappa shape index (κ1) is 19.2. The Morgan fingerprint density at radius 1 is 1.07 bits per heavy atom. The molecule has 1 aliphatic heterocycles. The molecule has 1 amide bonds. The van der Waals surface area contributed by atoms with E-state index in [1.54, 1.807) is 7.11 Å². The van der Waals surface area contributed by atoms with Crippen LogP contribution in [0.4, 0.5) is 5.82 Å². The van der Waals surface area contributed by atoms with E-state index < -0.39 is 0 Å². The number of hydrogen-bond acceptors (Lipinski definition) is 4. The lowest BCUT2D eigenvalue weighted by atomic mass is 9.96. The smallest absolute Gasteiger partial charge is 0.270 e. The Labute approximate surface area is 169 Å². The summed E-state index contributed by atoms with van der Waals surface area (Å²) < 4.78 is 7.48. The summed E-state index contributed by atoms with van der Waals surface area (Å²) in [7, 11) is 1.63. The zero-order valence-electron chi connectivity index (χ0n) is 16.2. The number of amides is 1. The summed E-state index contributed by atoms with van der Waals surface area (Å²) in [5, 5.41) is 5.82. The molecule has 1 saturated carbocycles. The van der Waals surface area contributed by atoms with Crippen LogP contribution in [0.5, 0.6) is 5.75 Å². The van der Waals surface area contributed by atoms with Gasteiger partial charge in [0.2, 0.25) is 5.91 Å². The number of fused-ring (bicyclic) bond motifs is 1. The zero-order chi connectivity index (χ0) is 19.5. The average Bonchev–Trinajstić information content (AvgIpc) is 2.87. The molecular formula is C21H27N3O3S. The molecule has 6 nitrogen and oxygen atoms in total. The molecule has 1 atom stereocenters. The van der Waals surface area contributed by atoms with Crippen LogP contribution in [0.2, 0.25) is 0 Å². The highest BCUT2D eigenvalue weighted by molar-refractivity contribution is 8.00.